The second kappa shape index (κ2) is 4.82. The van der Waals surface area contributed by atoms with Crippen LogP contribution in [0.2, 0.25) is 0 Å². The first-order valence-corrected chi connectivity index (χ1v) is 7.61. The monoisotopic (exact) mass is 291 g/mol. The molecule has 0 aliphatic carbocycles. The molecule has 4 aromatic rings. The number of aromatic nitrogens is 3. The molecule has 0 aliphatic rings. The van der Waals surface area contributed by atoms with E-state index >= 15 is 0 Å². The molecule has 4 rings (SSSR count). The molecule has 0 saturated heterocycles. The quantitative estimate of drug-likeness (QED) is 0.546. The van der Waals surface area contributed by atoms with Gasteiger partial charge in [0.1, 0.15) is 5.01 Å². The van der Waals surface area contributed by atoms with Crippen molar-refractivity contribution in [3.63, 3.8) is 0 Å². The number of hydrogen-bond acceptors (Lipinski definition) is 3. The highest BCUT2D eigenvalue weighted by molar-refractivity contribution is 7.21. The first kappa shape index (κ1) is 12.3. The van der Waals surface area contributed by atoms with Gasteiger partial charge in [-0.25, -0.2) is 9.67 Å². The van der Waals surface area contributed by atoms with Crippen LogP contribution < -0.4 is 0 Å². The van der Waals surface area contributed by atoms with Gasteiger partial charge in [0.05, 0.1) is 16.1 Å². The number of fused-ring (bicyclic) bond motifs is 1. The lowest BCUT2D eigenvalue weighted by atomic mass is 10.2. The van der Waals surface area contributed by atoms with Crippen molar-refractivity contribution in [2.45, 2.75) is 6.92 Å². The Balaban J connectivity index is 1.93. The summed E-state index contributed by atoms with van der Waals surface area (Å²) in [6.07, 6.45) is 0. The predicted molar refractivity (Wildman–Crippen MR) is 86.9 cm³/mol. The van der Waals surface area contributed by atoms with Crippen LogP contribution in [0, 0.1) is 6.92 Å². The maximum absolute atomic E-state index is 4.80. The zero-order valence-electron chi connectivity index (χ0n) is 11.5. The van der Waals surface area contributed by atoms with Gasteiger partial charge in [-0.3, -0.25) is 0 Å². The van der Waals surface area contributed by atoms with E-state index < -0.39 is 0 Å². The Kier molecular flexibility index (Phi) is 2.82. The van der Waals surface area contributed by atoms with E-state index in [0.717, 1.165) is 32.3 Å². The Bertz CT molecular complexity index is 892. The summed E-state index contributed by atoms with van der Waals surface area (Å²) in [5, 5.41) is 5.66. The van der Waals surface area contributed by atoms with Crippen LogP contribution in [0.5, 0.6) is 0 Å². The Morgan fingerprint density at radius 1 is 0.905 bits per heavy atom. The molecule has 0 unspecified atom stereocenters. The normalized spacial score (nSPS) is 11.1. The van der Waals surface area contributed by atoms with E-state index in [4.69, 9.17) is 4.98 Å². The van der Waals surface area contributed by atoms with Crippen LogP contribution in [0.1, 0.15) is 5.69 Å². The summed E-state index contributed by atoms with van der Waals surface area (Å²) in [7, 11) is 0. The minimum absolute atomic E-state index is 0.933. The minimum atomic E-state index is 0.933. The van der Waals surface area contributed by atoms with Gasteiger partial charge >= 0.3 is 0 Å². The number of benzene rings is 2. The molecule has 0 aliphatic heterocycles. The first-order chi connectivity index (χ1) is 10.3. The van der Waals surface area contributed by atoms with E-state index in [1.807, 2.05) is 60.1 Å². The van der Waals surface area contributed by atoms with Crippen LogP contribution >= 0.6 is 11.3 Å². The smallest absolute Gasteiger partial charge is 0.174 e. The molecule has 0 bridgehead atoms. The lowest BCUT2D eigenvalue weighted by Gasteiger charge is -2.00. The average molecular weight is 291 g/mol. The van der Waals surface area contributed by atoms with E-state index in [9.17, 15) is 0 Å². The third kappa shape index (κ3) is 2.04. The van der Waals surface area contributed by atoms with Crippen LogP contribution in [0.4, 0.5) is 0 Å². The zero-order chi connectivity index (χ0) is 14.2. The van der Waals surface area contributed by atoms with Gasteiger partial charge in [0.15, 0.2) is 5.65 Å². The average Bonchev–Trinajstić information content (AvgIpc) is 3.10. The second-order valence-corrected chi connectivity index (χ2v) is 5.87. The van der Waals surface area contributed by atoms with Gasteiger partial charge in [-0.2, -0.15) is 5.10 Å². The Labute approximate surface area is 126 Å². The molecule has 4 heteroatoms. The molecule has 102 valence electrons. The summed E-state index contributed by atoms with van der Waals surface area (Å²) in [5.74, 6) is 0. The largest absolute Gasteiger partial charge is 0.216 e. The molecular weight excluding hydrogens is 278 g/mol. The topological polar surface area (TPSA) is 30.7 Å². The summed E-state index contributed by atoms with van der Waals surface area (Å²) in [6, 6.07) is 20.4. The molecule has 0 spiro atoms. The van der Waals surface area contributed by atoms with Gasteiger partial charge < -0.3 is 0 Å². The number of aryl methyl sites for hydroxylation is 1. The van der Waals surface area contributed by atoms with Crippen LogP contribution in [-0.4, -0.2) is 14.8 Å². The minimum Gasteiger partial charge on any atom is -0.216 e. The Morgan fingerprint density at radius 2 is 1.57 bits per heavy atom. The molecular formula is C17H13N3S. The Morgan fingerprint density at radius 3 is 2.29 bits per heavy atom. The molecule has 0 saturated carbocycles. The summed E-state index contributed by atoms with van der Waals surface area (Å²) < 4.78 is 3.07. The third-order valence-corrected chi connectivity index (χ3v) is 4.61. The molecule has 0 amide bonds. The van der Waals surface area contributed by atoms with Gasteiger partial charge in [0.25, 0.3) is 0 Å². The second-order valence-electron chi connectivity index (χ2n) is 4.87. The standard InChI is InChI=1S/C17H13N3S/c1-12-15-16(20(19-12)14-10-6-3-7-11-14)18-17(21-15)13-8-4-2-5-9-13/h2-11H,1H3. The molecule has 2 aromatic heterocycles. The van der Waals surface area contributed by atoms with Crippen molar-refractivity contribution in [1.82, 2.24) is 14.8 Å². The fourth-order valence-electron chi connectivity index (χ4n) is 2.39. The maximum Gasteiger partial charge on any atom is 0.174 e. The summed E-state index contributed by atoms with van der Waals surface area (Å²) in [4.78, 5) is 4.80. The Hall–Kier alpha value is -2.46. The number of para-hydroxylation sites is 1. The van der Waals surface area contributed by atoms with Gasteiger partial charge in [-0.05, 0) is 19.1 Å². The molecule has 3 nitrogen and oxygen atoms in total. The number of hydrogen-bond donors (Lipinski definition) is 0. The lowest BCUT2D eigenvalue weighted by molar-refractivity contribution is 0.878. The number of rotatable bonds is 2. The van der Waals surface area contributed by atoms with Crippen molar-refractivity contribution in [2.75, 3.05) is 0 Å². The van der Waals surface area contributed by atoms with E-state index in [1.54, 1.807) is 11.3 Å². The molecule has 0 fully saturated rings. The van der Waals surface area contributed by atoms with Crippen molar-refractivity contribution in [1.29, 1.82) is 0 Å². The molecule has 0 radical (unpaired) electrons. The van der Waals surface area contributed by atoms with E-state index in [0.29, 0.717) is 0 Å². The fourth-order valence-corrected chi connectivity index (χ4v) is 3.38. The first-order valence-electron chi connectivity index (χ1n) is 6.80. The van der Waals surface area contributed by atoms with E-state index in [1.165, 1.54) is 0 Å². The van der Waals surface area contributed by atoms with Gasteiger partial charge in [-0.1, -0.05) is 48.5 Å². The highest BCUT2D eigenvalue weighted by atomic mass is 32.1. The molecule has 0 N–H and O–H groups in total. The molecule has 0 atom stereocenters. The van der Waals surface area contributed by atoms with Crippen molar-refractivity contribution >= 4 is 21.7 Å². The van der Waals surface area contributed by atoms with Gasteiger partial charge in [0, 0.05) is 5.56 Å². The third-order valence-electron chi connectivity index (χ3n) is 3.41. The summed E-state index contributed by atoms with van der Waals surface area (Å²) in [5.41, 5.74) is 4.15. The molecule has 2 heterocycles. The summed E-state index contributed by atoms with van der Waals surface area (Å²) >= 11 is 1.70. The predicted octanol–water partition coefficient (Wildman–Crippen LogP) is 4.46. The maximum atomic E-state index is 4.80. The highest BCUT2D eigenvalue weighted by Crippen LogP contribution is 2.32. The highest BCUT2D eigenvalue weighted by Gasteiger charge is 2.15. The zero-order valence-corrected chi connectivity index (χ0v) is 12.3. The van der Waals surface area contributed by atoms with Crippen molar-refractivity contribution in [3.8, 4) is 16.3 Å². The van der Waals surface area contributed by atoms with E-state index in [-0.39, 0.29) is 0 Å². The van der Waals surface area contributed by atoms with Gasteiger partial charge in [-0.15, -0.1) is 11.3 Å². The molecule has 21 heavy (non-hydrogen) atoms. The van der Waals surface area contributed by atoms with Gasteiger partial charge in [0.2, 0.25) is 0 Å². The van der Waals surface area contributed by atoms with Crippen molar-refractivity contribution in [2.24, 2.45) is 0 Å². The van der Waals surface area contributed by atoms with Crippen molar-refractivity contribution in [3.05, 3.63) is 66.4 Å². The van der Waals surface area contributed by atoms with Crippen LogP contribution in [0.25, 0.3) is 26.6 Å². The van der Waals surface area contributed by atoms with Crippen LogP contribution in [0.3, 0.4) is 0 Å². The fraction of sp³-hybridized carbons (Fsp3) is 0.0588. The van der Waals surface area contributed by atoms with E-state index in [2.05, 4.69) is 17.2 Å². The van der Waals surface area contributed by atoms with Crippen LogP contribution in [0.15, 0.2) is 60.7 Å². The number of nitrogens with zero attached hydrogens (tertiary/aromatic N) is 3. The number of thiazole rings is 1. The SMILES string of the molecule is Cc1nn(-c2ccccc2)c2nc(-c3ccccc3)sc12. The van der Waals surface area contributed by atoms with Crippen molar-refractivity contribution < 1.29 is 0 Å². The summed E-state index contributed by atoms with van der Waals surface area (Å²) in [6.45, 7) is 2.04. The lowest BCUT2D eigenvalue weighted by Crippen LogP contribution is -1.96. The van der Waals surface area contributed by atoms with Crippen LogP contribution in [-0.2, 0) is 0 Å². The molecule has 2 aromatic carbocycles.